The number of rotatable bonds is 1. The van der Waals surface area contributed by atoms with Crippen LogP contribution >= 0.6 is 0 Å². The Bertz CT molecular complexity index is 394. The predicted molar refractivity (Wildman–Crippen MR) is 80.6 cm³/mol. The molecule has 17 heavy (non-hydrogen) atoms. The molecule has 0 saturated heterocycles. The zero-order valence-corrected chi connectivity index (χ0v) is 12.0. The lowest BCUT2D eigenvalue weighted by molar-refractivity contribution is 0.886. The Morgan fingerprint density at radius 2 is 1.29 bits per heavy atom. The van der Waals surface area contributed by atoms with Gasteiger partial charge in [-0.1, -0.05) is 83.0 Å². The predicted octanol–water partition coefficient (Wildman–Crippen LogP) is 5.98. The fraction of sp³-hybridized carbons (Fsp3) is 0.412. The first-order valence-electron chi connectivity index (χ1n) is 6.74. The van der Waals surface area contributed by atoms with Crippen LogP contribution in [-0.2, 0) is 0 Å². The van der Waals surface area contributed by atoms with Crippen molar-refractivity contribution in [3.8, 4) is 0 Å². The molecule has 0 heterocycles. The van der Waals surface area contributed by atoms with Gasteiger partial charge in [0.1, 0.15) is 0 Å². The molecule has 0 aliphatic rings. The fourth-order valence-corrected chi connectivity index (χ4v) is 1.39. The molecule has 94 valence electrons. The molecular formula is C17H26. The van der Waals surface area contributed by atoms with Crippen LogP contribution in [0.25, 0.3) is 10.8 Å². The highest BCUT2D eigenvalue weighted by molar-refractivity contribution is 5.85. The van der Waals surface area contributed by atoms with Gasteiger partial charge in [0.25, 0.3) is 0 Å². The van der Waals surface area contributed by atoms with E-state index in [1.165, 1.54) is 29.2 Å². The second-order valence-corrected chi connectivity index (χ2v) is 3.80. The topological polar surface area (TPSA) is 0 Å². The summed E-state index contributed by atoms with van der Waals surface area (Å²) in [5.74, 6) is 0. The third kappa shape index (κ3) is 5.53. The SMILES string of the molecule is CC.CCCC.Cc1cccc2ccccc12. The van der Waals surface area contributed by atoms with Crippen LogP contribution in [0.3, 0.4) is 0 Å². The molecule has 0 atom stereocenters. The van der Waals surface area contributed by atoms with Gasteiger partial charge in [0, 0.05) is 0 Å². The van der Waals surface area contributed by atoms with Crippen LogP contribution in [0.1, 0.15) is 46.1 Å². The molecule has 0 N–H and O–H groups in total. The van der Waals surface area contributed by atoms with Gasteiger partial charge in [-0.05, 0) is 23.3 Å². The summed E-state index contributed by atoms with van der Waals surface area (Å²) in [7, 11) is 0. The van der Waals surface area contributed by atoms with E-state index < -0.39 is 0 Å². The van der Waals surface area contributed by atoms with E-state index in [0.29, 0.717) is 0 Å². The van der Waals surface area contributed by atoms with Crippen molar-refractivity contribution in [1.29, 1.82) is 0 Å². The lowest BCUT2D eigenvalue weighted by atomic mass is 10.1. The lowest BCUT2D eigenvalue weighted by Gasteiger charge is -1.98. The number of benzene rings is 2. The number of hydrogen-bond acceptors (Lipinski definition) is 0. The third-order valence-corrected chi connectivity index (χ3v) is 2.51. The molecule has 0 aromatic heterocycles. The summed E-state index contributed by atoms with van der Waals surface area (Å²) in [5, 5.41) is 2.68. The summed E-state index contributed by atoms with van der Waals surface area (Å²) in [5.41, 5.74) is 1.35. The van der Waals surface area contributed by atoms with Crippen LogP contribution in [0.4, 0.5) is 0 Å². The molecule has 2 aromatic rings. The van der Waals surface area contributed by atoms with Crippen molar-refractivity contribution < 1.29 is 0 Å². The van der Waals surface area contributed by atoms with Crippen LogP contribution in [0.15, 0.2) is 42.5 Å². The molecule has 0 aliphatic carbocycles. The maximum Gasteiger partial charge on any atom is -0.0155 e. The van der Waals surface area contributed by atoms with E-state index in [2.05, 4.69) is 63.2 Å². The van der Waals surface area contributed by atoms with Gasteiger partial charge in [-0.3, -0.25) is 0 Å². The highest BCUT2D eigenvalue weighted by atomic mass is 14.0. The average Bonchev–Trinajstić information content (AvgIpc) is 2.42. The van der Waals surface area contributed by atoms with Crippen LogP contribution in [0.5, 0.6) is 0 Å². The van der Waals surface area contributed by atoms with Crippen LogP contribution in [0.2, 0.25) is 0 Å². The Balaban J connectivity index is 0.000000368. The number of hydrogen-bond donors (Lipinski definition) is 0. The van der Waals surface area contributed by atoms with Crippen LogP contribution in [0, 0.1) is 6.92 Å². The van der Waals surface area contributed by atoms with E-state index in [4.69, 9.17) is 0 Å². The third-order valence-electron chi connectivity index (χ3n) is 2.51. The van der Waals surface area contributed by atoms with Crippen LogP contribution in [-0.4, -0.2) is 0 Å². The molecule has 0 fully saturated rings. The van der Waals surface area contributed by atoms with Crippen molar-refractivity contribution in [2.24, 2.45) is 0 Å². The Morgan fingerprint density at radius 1 is 0.765 bits per heavy atom. The molecule has 0 saturated carbocycles. The minimum absolute atomic E-state index is 1.32. The molecule has 0 aliphatic heterocycles. The van der Waals surface area contributed by atoms with E-state index in [0.717, 1.165) is 0 Å². The first-order valence-corrected chi connectivity index (χ1v) is 6.74. The smallest absolute Gasteiger partial charge is 0.0155 e. The quantitative estimate of drug-likeness (QED) is 0.565. The lowest BCUT2D eigenvalue weighted by Crippen LogP contribution is -1.75. The molecule has 0 bridgehead atoms. The molecule has 0 spiro atoms. The van der Waals surface area contributed by atoms with Gasteiger partial charge >= 0.3 is 0 Å². The van der Waals surface area contributed by atoms with Crippen LogP contribution < -0.4 is 0 Å². The van der Waals surface area contributed by atoms with Crippen molar-refractivity contribution in [2.75, 3.05) is 0 Å². The second-order valence-electron chi connectivity index (χ2n) is 3.80. The Morgan fingerprint density at radius 3 is 1.82 bits per heavy atom. The number of aryl methyl sites for hydroxylation is 1. The van der Waals surface area contributed by atoms with E-state index in [1.807, 2.05) is 13.8 Å². The molecule has 0 nitrogen and oxygen atoms in total. The van der Waals surface area contributed by atoms with E-state index in [-0.39, 0.29) is 0 Å². The molecule has 0 radical (unpaired) electrons. The normalized spacial score (nSPS) is 8.76. The monoisotopic (exact) mass is 230 g/mol. The molecular weight excluding hydrogens is 204 g/mol. The van der Waals surface area contributed by atoms with Crippen molar-refractivity contribution in [3.63, 3.8) is 0 Å². The van der Waals surface area contributed by atoms with Gasteiger partial charge in [0.2, 0.25) is 0 Å². The average molecular weight is 230 g/mol. The van der Waals surface area contributed by atoms with Gasteiger partial charge in [-0.15, -0.1) is 0 Å². The molecule has 0 heteroatoms. The number of unbranched alkanes of at least 4 members (excludes halogenated alkanes) is 1. The minimum atomic E-state index is 1.32. The van der Waals surface area contributed by atoms with E-state index >= 15 is 0 Å². The Kier molecular flexibility index (Phi) is 9.14. The number of fused-ring (bicyclic) bond motifs is 1. The van der Waals surface area contributed by atoms with Gasteiger partial charge in [-0.2, -0.15) is 0 Å². The maximum atomic E-state index is 2.18. The van der Waals surface area contributed by atoms with E-state index in [1.54, 1.807) is 0 Å². The van der Waals surface area contributed by atoms with E-state index in [9.17, 15) is 0 Å². The summed E-state index contributed by atoms with van der Waals surface area (Å²) < 4.78 is 0. The fourth-order valence-electron chi connectivity index (χ4n) is 1.39. The van der Waals surface area contributed by atoms with Crippen molar-refractivity contribution in [2.45, 2.75) is 47.5 Å². The van der Waals surface area contributed by atoms with Gasteiger partial charge in [0.15, 0.2) is 0 Å². The molecule has 2 aromatic carbocycles. The van der Waals surface area contributed by atoms with Gasteiger partial charge in [-0.25, -0.2) is 0 Å². The zero-order chi connectivity index (χ0) is 13.1. The first kappa shape index (κ1) is 15.7. The summed E-state index contributed by atoms with van der Waals surface area (Å²) in [6.07, 6.45) is 2.64. The zero-order valence-electron chi connectivity index (χ0n) is 12.0. The van der Waals surface area contributed by atoms with Gasteiger partial charge < -0.3 is 0 Å². The second kappa shape index (κ2) is 9.89. The summed E-state index contributed by atoms with van der Waals surface area (Å²) in [6, 6.07) is 14.8. The standard InChI is InChI=1S/C11H10.C4H10.C2H6/c1-9-5-4-7-10-6-2-3-8-11(9)10;1-3-4-2;1-2/h2-8H,1H3;3-4H2,1-2H3;1-2H3. The largest absolute Gasteiger partial charge is 0.0683 e. The Hall–Kier alpha value is -1.30. The summed E-state index contributed by atoms with van der Waals surface area (Å²) >= 11 is 0. The van der Waals surface area contributed by atoms with Crippen molar-refractivity contribution in [3.05, 3.63) is 48.0 Å². The molecule has 2 rings (SSSR count). The highest BCUT2D eigenvalue weighted by Crippen LogP contribution is 2.16. The maximum absolute atomic E-state index is 2.18. The van der Waals surface area contributed by atoms with Gasteiger partial charge in [0.05, 0.1) is 0 Å². The highest BCUT2D eigenvalue weighted by Gasteiger charge is 1.92. The first-order chi connectivity index (χ1) is 8.29. The van der Waals surface area contributed by atoms with Crippen molar-refractivity contribution in [1.82, 2.24) is 0 Å². The molecule has 0 amide bonds. The summed E-state index contributed by atoms with van der Waals surface area (Å²) in [6.45, 7) is 10.5. The molecule has 0 unspecified atom stereocenters. The summed E-state index contributed by atoms with van der Waals surface area (Å²) in [4.78, 5) is 0. The minimum Gasteiger partial charge on any atom is -0.0683 e. The Labute approximate surface area is 107 Å². The van der Waals surface area contributed by atoms with Crippen molar-refractivity contribution >= 4 is 10.8 Å².